The molecule has 0 unspecified atom stereocenters. The van der Waals surface area contributed by atoms with E-state index < -0.39 is 0 Å². The van der Waals surface area contributed by atoms with Gasteiger partial charge in [0.25, 0.3) is 0 Å². The van der Waals surface area contributed by atoms with Gasteiger partial charge in [0.1, 0.15) is 0 Å². The molecule has 1 saturated heterocycles. The van der Waals surface area contributed by atoms with Crippen molar-refractivity contribution < 1.29 is 14.3 Å². The van der Waals surface area contributed by atoms with Crippen LogP contribution in [-0.2, 0) is 11.2 Å². The zero-order chi connectivity index (χ0) is 20.5. The van der Waals surface area contributed by atoms with Crippen LogP contribution in [0, 0.1) is 0 Å². The second kappa shape index (κ2) is 10.7. The fraction of sp³-hybridized carbons (Fsp3) is 0.360. The second-order valence-corrected chi connectivity index (χ2v) is 7.34. The van der Waals surface area contributed by atoms with Crippen molar-refractivity contribution >= 4 is 11.6 Å². The molecule has 1 aliphatic heterocycles. The van der Waals surface area contributed by atoms with Crippen LogP contribution in [-0.4, -0.2) is 42.8 Å². The molecule has 2 aromatic carbocycles. The number of rotatable bonds is 9. The summed E-state index contributed by atoms with van der Waals surface area (Å²) in [6, 6.07) is 16.9. The Morgan fingerprint density at radius 1 is 0.931 bits per heavy atom. The first-order valence-corrected chi connectivity index (χ1v) is 10.5. The summed E-state index contributed by atoms with van der Waals surface area (Å²) in [7, 11) is 0. The largest absolute Gasteiger partial charge is 0.378 e. The Labute approximate surface area is 173 Å². The highest BCUT2D eigenvalue weighted by molar-refractivity contribution is 6.14. The third-order valence-electron chi connectivity index (χ3n) is 5.20. The molecule has 4 heteroatoms. The number of allylic oxidation sites excluding steroid dienone is 2. The SMILES string of the molecule is CCCCCc1ccc(C(=O)C=C(C(=O)c2ccccc2)N2CCOCC2)cc1. The smallest absolute Gasteiger partial charge is 0.209 e. The van der Waals surface area contributed by atoms with Crippen molar-refractivity contribution in [1.82, 2.24) is 4.90 Å². The van der Waals surface area contributed by atoms with Crippen LogP contribution in [0.4, 0.5) is 0 Å². The zero-order valence-electron chi connectivity index (χ0n) is 17.1. The molecule has 3 rings (SSSR count). The average Bonchev–Trinajstić information content (AvgIpc) is 2.78. The molecule has 0 aliphatic carbocycles. The normalized spacial score (nSPS) is 14.7. The molecule has 1 aliphatic rings. The number of morpholine rings is 1. The fourth-order valence-corrected chi connectivity index (χ4v) is 3.46. The molecule has 2 aromatic rings. The zero-order valence-corrected chi connectivity index (χ0v) is 17.1. The molecule has 152 valence electrons. The van der Waals surface area contributed by atoms with E-state index in [-0.39, 0.29) is 11.6 Å². The van der Waals surface area contributed by atoms with E-state index in [9.17, 15) is 9.59 Å². The van der Waals surface area contributed by atoms with Gasteiger partial charge in [-0.05, 0) is 18.4 Å². The lowest BCUT2D eigenvalue weighted by atomic mass is 10.0. The molecule has 0 saturated carbocycles. The molecule has 0 radical (unpaired) electrons. The van der Waals surface area contributed by atoms with Crippen LogP contribution in [0.2, 0.25) is 0 Å². The molecule has 4 nitrogen and oxygen atoms in total. The number of benzene rings is 2. The molecule has 1 fully saturated rings. The number of hydrogen-bond acceptors (Lipinski definition) is 4. The Bertz CT molecular complexity index is 834. The molecular formula is C25H29NO3. The van der Waals surface area contributed by atoms with E-state index in [1.165, 1.54) is 24.5 Å². The first-order chi connectivity index (χ1) is 14.2. The summed E-state index contributed by atoms with van der Waals surface area (Å²) >= 11 is 0. The van der Waals surface area contributed by atoms with E-state index in [1.54, 1.807) is 12.1 Å². The van der Waals surface area contributed by atoms with Crippen LogP contribution in [0.3, 0.4) is 0 Å². The molecule has 0 amide bonds. The van der Waals surface area contributed by atoms with E-state index in [0.717, 1.165) is 12.8 Å². The Hall–Kier alpha value is -2.72. The van der Waals surface area contributed by atoms with Gasteiger partial charge >= 0.3 is 0 Å². The first kappa shape index (κ1) is 21.0. The Kier molecular flexibility index (Phi) is 7.77. The molecule has 0 aromatic heterocycles. The van der Waals surface area contributed by atoms with Crippen LogP contribution >= 0.6 is 0 Å². The van der Waals surface area contributed by atoms with Crippen molar-refractivity contribution in [2.24, 2.45) is 0 Å². The lowest BCUT2D eigenvalue weighted by Crippen LogP contribution is -2.38. The van der Waals surface area contributed by atoms with Crippen molar-refractivity contribution in [3.8, 4) is 0 Å². The number of hydrogen-bond donors (Lipinski definition) is 0. The van der Waals surface area contributed by atoms with Crippen molar-refractivity contribution in [1.29, 1.82) is 0 Å². The van der Waals surface area contributed by atoms with E-state index in [0.29, 0.717) is 43.1 Å². The van der Waals surface area contributed by atoms with Crippen molar-refractivity contribution in [3.05, 3.63) is 83.1 Å². The van der Waals surface area contributed by atoms with Gasteiger partial charge in [0.2, 0.25) is 5.78 Å². The quantitative estimate of drug-likeness (QED) is 0.353. The number of ketones is 2. The topological polar surface area (TPSA) is 46.6 Å². The van der Waals surface area contributed by atoms with Crippen LogP contribution in [0.15, 0.2) is 66.4 Å². The van der Waals surface area contributed by atoms with Crippen LogP contribution in [0.5, 0.6) is 0 Å². The molecule has 0 spiro atoms. The van der Waals surface area contributed by atoms with Gasteiger partial charge in [-0.1, -0.05) is 74.4 Å². The summed E-state index contributed by atoms with van der Waals surface area (Å²) in [4.78, 5) is 28.0. The number of carbonyl (C=O) groups excluding carboxylic acids is 2. The van der Waals surface area contributed by atoms with Crippen molar-refractivity contribution in [2.75, 3.05) is 26.3 Å². The summed E-state index contributed by atoms with van der Waals surface area (Å²) in [5.41, 5.74) is 2.88. The number of nitrogens with zero attached hydrogens (tertiary/aromatic N) is 1. The first-order valence-electron chi connectivity index (χ1n) is 10.5. The minimum Gasteiger partial charge on any atom is -0.378 e. The standard InChI is InChI=1S/C25H29NO3/c1-2-3-5-8-20-11-13-21(14-12-20)24(27)19-23(26-15-17-29-18-16-26)25(28)22-9-6-4-7-10-22/h4,6-7,9-14,19H,2-3,5,8,15-18H2,1H3. The number of Topliss-reactive ketones (excluding diaryl/α,β-unsaturated/α-hetero) is 1. The van der Waals surface area contributed by atoms with Crippen LogP contribution in [0.25, 0.3) is 0 Å². The van der Waals surface area contributed by atoms with Gasteiger partial charge < -0.3 is 9.64 Å². The Morgan fingerprint density at radius 3 is 2.28 bits per heavy atom. The lowest BCUT2D eigenvalue weighted by Gasteiger charge is -2.30. The van der Waals surface area contributed by atoms with Gasteiger partial charge in [-0.3, -0.25) is 9.59 Å². The molecule has 0 N–H and O–H groups in total. The molecule has 29 heavy (non-hydrogen) atoms. The molecule has 0 atom stereocenters. The van der Waals surface area contributed by atoms with Crippen LogP contribution in [0.1, 0.15) is 52.5 Å². The van der Waals surface area contributed by atoms with E-state index in [4.69, 9.17) is 4.74 Å². The minimum atomic E-state index is -0.143. The predicted molar refractivity (Wildman–Crippen MR) is 115 cm³/mol. The minimum absolute atomic E-state index is 0.128. The van der Waals surface area contributed by atoms with Gasteiger partial charge in [0.15, 0.2) is 5.78 Å². The van der Waals surface area contributed by atoms with E-state index >= 15 is 0 Å². The summed E-state index contributed by atoms with van der Waals surface area (Å²) in [6.45, 7) is 4.51. The third kappa shape index (κ3) is 5.88. The van der Waals surface area contributed by atoms with Gasteiger partial charge in [-0.15, -0.1) is 0 Å². The average molecular weight is 392 g/mol. The third-order valence-corrected chi connectivity index (χ3v) is 5.20. The number of aryl methyl sites for hydroxylation is 1. The maximum absolute atomic E-state index is 13.1. The van der Waals surface area contributed by atoms with E-state index in [2.05, 4.69) is 6.92 Å². The van der Waals surface area contributed by atoms with Gasteiger partial charge in [-0.2, -0.15) is 0 Å². The van der Waals surface area contributed by atoms with Crippen molar-refractivity contribution in [2.45, 2.75) is 32.6 Å². The highest BCUT2D eigenvalue weighted by atomic mass is 16.5. The summed E-state index contributed by atoms with van der Waals surface area (Å²) in [5.74, 6) is -0.270. The lowest BCUT2D eigenvalue weighted by molar-refractivity contribution is 0.0504. The summed E-state index contributed by atoms with van der Waals surface area (Å²) in [5, 5.41) is 0. The van der Waals surface area contributed by atoms with Crippen LogP contribution < -0.4 is 0 Å². The van der Waals surface area contributed by atoms with Crippen molar-refractivity contribution in [3.63, 3.8) is 0 Å². The molecule has 1 heterocycles. The Balaban J connectivity index is 1.80. The van der Waals surface area contributed by atoms with E-state index in [1.807, 2.05) is 47.4 Å². The maximum Gasteiger partial charge on any atom is 0.209 e. The molecule has 0 bridgehead atoms. The molecular weight excluding hydrogens is 362 g/mol. The van der Waals surface area contributed by atoms with Gasteiger partial charge in [0.05, 0.1) is 18.9 Å². The summed E-state index contributed by atoms with van der Waals surface area (Å²) < 4.78 is 5.41. The predicted octanol–water partition coefficient (Wildman–Crippen LogP) is 4.70. The number of carbonyl (C=O) groups is 2. The highest BCUT2D eigenvalue weighted by Crippen LogP contribution is 2.17. The van der Waals surface area contributed by atoms with Gasteiger partial charge in [-0.25, -0.2) is 0 Å². The maximum atomic E-state index is 13.1. The van der Waals surface area contributed by atoms with Gasteiger partial charge in [0, 0.05) is 30.3 Å². The Morgan fingerprint density at radius 2 is 1.62 bits per heavy atom. The summed E-state index contributed by atoms with van der Waals surface area (Å²) in [6.07, 6.45) is 6.10. The monoisotopic (exact) mass is 391 g/mol. The number of unbranched alkanes of at least 4 members (excludes halogenated alkanes) is 2. The highest BCUT2D eigenvalue weighted by Gasteiger charge is 2.22. The second-order valence-electron chi connectivity index (χ2n) is 7.34. The fourth-order valence-electron chi connectivity index (χ4n) is 3.46. The number of ether oxygens (including phenoxy) is 1.